The molecule has 24 heavy (non-hydrogen) atoms. The summed E-state index contributed by atoms with van der Waals surface area (Å²) in [5.41, 5.74) is -0.506. The van der Waals surface area contributed by atoms with Crippen molar-refractivity contribution in [2.75, 3.05) is 64.7 Å². The van der Waals surface area contributed by atoms with Crippen LogP contribution >= 0.6 is 11.8 Å². The van der Waals surface area contributed by atoms with E-state index in [0.717, 1.165) is 4.42 Å². The summed E-state index contributed by atoms with van der Waals surface area (Å²) < 4.78 is 40.4. The summed E-state index contributed by atoms with van der Waals surface area (Å²) in [6.45, 7) is 6.02. The van der Waals surface area contributed by atoms with Gasteiger partial charge >= 0.3 is 6.03 Å². The molecule has 2 amide bonds. The topological polar surface area (TPSA) is 85.4 Å². The fourth-order valence-corrected chi connectivity index (χ4v) is 3.39. The van der Waals surface area contributed by atoms with Crippen LogP contribution in [-0.4, -0.2) is 94.0 Å². The fourth-order valence-electron chi connectivity index (χ4n) is 2.16. The molecule has 0 radical (unpaired) electrons. The fraction of sp³-hybridized carbons (Fsp3) is 0.929. The van der Waals surface area contributed by atoms with E-state index in [1.165, 1.54) is 4.90 Å². The minimum atomic E-state index is -3.29. The minimum absolute atomic E-state index is 0.0823. The number of ether oxygens (including phenoxy) is 3. The Morgan fingerprint density at radius 1 is 1.08 bits per heavy atom. The monoisotopic (exact) mass is 386 g/mol. The molecule has 0 aromatic rings. The van der Waals surface area contributed by atoms with E-state index in [2.05, 4.69) is 0 Å². The van der Waals surface area contributed by atoms with Gasteiger partial charge in [0.1, 0.15) is 0 Å². The predicted molar refractivity (Wildman–Crippen MR) is 90.9 cm³/mol. The maximum absolute atomic E-state index is 12.0. The van der Waals surface area contributed by atoms with Gasteiger partial charge in [0.05, 0.1) is 50.1 Å². The van der Waals surface area contributed by atoms with Crippen LogP contribution in [0.1, 0.15) is 13.8 Å². The van der Waals surface area contributed by atoms with Crippen LogP contribution in [-0.2, 0) is 24.0 Å². The zero-order valence-corrected chi connectivity index (χ0v) is 16.1. The van der Waals surface area contributed by atoms with Gasteiger partial charge in [-0.15, -0.1) is 0 Å². The van der Waals surface area contributed by atoms with Crippen molar-refractivity contribution in [1.82, 2.24) is 9.32 Å². The van der Waals surface area contributed by atoms with Gasteiger partial charge in [0.15, 0.2) is 9.84 Å². The van der Waals surface area contributed by atoms with E-state index in [0.29, 0.717) is 33.0 Å². The van der Waals surface area contributed by atoms with Crippen LogP contribution in [0.2, 0.25) is 0 Å². The van der Waals surface area contributed by atoms with Crippen molar-refractivity contribution in [1.29, 1.82) is 0 Å². The highest BCUT2D eigenvalue weighted by Gasteiger charge is 2.42. The smallest absolute Gasteiger partial charge is 0.335 e. The molecule has 0 saturated carbocycles. The number of carbonyl (C=O) groups excluding carboxylic acids is 1. The molecule has 0 aromatic heterocycles. The van der Waals surface area contributed by atoms with Gasteiger partial charge in [-0.2, -0.15) is 0 Å². The lowest BCUT2D eigenvalue weighted by molar-refractivity contribution is 0.0284. The maximum atomic E-state index is 12.0. The zero-order valence-electron chi connectivity index (χ0n) is 14.5. The van der Waals surface area contributed by atoms with E-state index in [1.807, 2.05) is 13.8 Å². The minimum Gasteiger partial charge on any atom is -0.382 e. The van der Waals surface area contributed by atoms with Crippen LogP contribution in [0.25, 0.3) is 0 Å². The van der Waals surface area contributed by atoms with Crippen LogP contribution in [0.5, 0.6) is 0 Å². The SMILES string of the molecule is COCCOCCOCCS(=O)(=O)CCN1CC(C)(C)N(Cl)C1=O. The van der Waals surface area contributed by atoms with Crippen molar-refractivity contribution in [3.63, 3.8) is 0 Å². The third kappa shape index (κ3) is 7.10. The van der Waals surface area contributed by atoms with Crippen LogP contribution in [0.15, 0.2) is 0 Å². The van der Waals surface area contributed by atoms with Crippen LogP contribution in [0.4, 0.5) is 4.79 Å². The molecule has 8 nitrogen and oxygen atoms in total. The number of carbonyl (C=O) groups is 1. The molecule has 0 unspecified atom stereocenters. The van der Waals surface area contributed by atoms with E-state index in [9.17, 15) is 13.2 Å². The largest absolute Gasteiger partial charge is 0.382 e. The van der Waals surface area contributed by atoms with Gasteiger partial charge in [-0.25, -0.2) is 17.6 Å². The lowest BCUT2D eigenvalue weighted by atomic mass is 10.1. The molecule has 1 fully saturated rings. The molecular weight excluding hydrogens is 360 g/mol. The molecule has 1 saturated heterocycles. The van der Waals surface area contributed by atoms with Gasteiger partial charge < -0.3 is 19.1 Å². The molecule has 0 aromatic carbocycles. The number of amides is 2. The van der Waals surface area contributed by atoms with Crippen molar-refractivity contribution in [2.24, 2.45) is 0 Å². The van der Waals surface area contributed by atoms with Crippen LogP contribution < -0.4 is 0 Å². The summed E-state index contributed by atoms with van der Waals surface area (Å²) in [4.78, 5) is 13.4. The van der Waals surface area contributed by atoms with E-state index < -0.39 is 15.4 Å². The number of hydrogen-bond acceptors (Lipinski definition) is 6. The Balaban J connectivity index is 2.19. The van der Waals surface area contributed by atoms with Crippen molar-refractivity contribution in [3.8, 4) is 0 Å². The Kier molecular flexibility index (Phi) is 8.72. The Morgan fingerprint density at radius 2 is 1.67 bits per heavy atom. The molecule has 0 N–H and O–H groups in total. The molecule has 0 spiro atoms. The molecule has 1 aliphatic heterocycles. The van der Waals surface area contributed by atoms with Gasteiger partial charge in [-0.1, -0.05) is 0 Å². The van der Waals surface area contributed by atoms with E-state index >= 15 is 0 Å². The van der Waals surface area contributed by atoms with Gasteiger partial charge in [-0.05, 0) is 13.8 Å². The summed E-state index contributed by atoms with van der Waals surface area (Å²) in [5.74, 6) is -0.186. The average Bonchev–Trinajstić information content (AvgIpc) is 2.71. The highest BCUT2D eigenvalue weighted by Crippen LogP contribution is 2.27. The second-order valence-corrected chi connectivity index (χ2v) is 8.81. The first-order valence-electron chi connectivity index (χ1n) is 7.79. The van der Waals surface area contributed by atoms with E-state index in [1.54, 1.807) is 7.11 Å². The summed E-state index contributed by atoms with van der Waals surface area (Å²) in [6, 6.07) is -0.360. The summed E-state index contributed by atoms with van der Waals surface area (Å²) >= 11 is 5.92. The highest BCUT2D eigenvalue weighted by atomic mass is 35.5. The Bertz CT molecular complexity index is 499. The van der Waals surface area contributed by atoms with Crippen LogP contribution in [0, 0.1) is 0 Å². The summed E-state index contributed by atoms with van der Waals surface area (Å²) in [6.07, 6.45) is 0. The Labute approximate surface area is 149 Å². The van der Waals surface area contributed by atoms with Gasteiger partial charge in [0, 0.05) is 32.0 Å². The van der Waals surface area contributed by atoms with Crippen molar-refractivity contribution >= 4 is 27.6 Å². The van der Waals surface area contributed by atoms with E-state index in [-0.39, 0.29) is 30.7 Å². The normalized spacial score (nSPS) is 17.8. The lowest BCUT2D eigenvalue weighted by Crippen LogP contribution is -2.34. The number of urea groups is 1. The van der Waals surface area contributed by atoms with E-state index in [4.69, 9.17) is 26.0 Å². The maximum Gasteiger partial charge on any atom is 0.335 e. The molecule has 1 rings (SSSR count). The van der Waals surface area contributed by atoms with Crippen molar-refractivity contribution < 1.29 is 27.4 Å². The number of hydrogen-bond donors (Lipinski definition) is 0. The Hall–Kier alpha value is -0.610. The van der Waals surface area contributed by atoms with Gasteiger partial charge in [0.2, 0.25) is 0 Å². The average molecular weight is 387 g/mol. The second-order valence-electron chi connectivity index (χ2n) is 6.17. The summed E-state index contributed by atoms with van der Waals surface area (Å²) in [7, 11) is -1.70. The molecule has 142 valence electrons. The summed E-state index contributed by atoms with van der Waals surface area (Å²) in [5, 5.41) is 0. The molecule has 0 atom stereocenters. The molecule has 0 aliphatic carbocycles. The first-order valence-corrected chi connectivity index (χ1v) is 9.95. The first-order chi connectivity index (χ1) is 11.2. The third-order valence-corrected chi connectivity index (χ3v) is 5.76. The zero-order chi connectivity index (χ0) is 18.2. The highest BCUT2D eigenvalue weighted by molar-refractivity contribution is 7.91. The number of sulfone groups is 1. The van der Waals surface area contributed by atoms with Crippen molar-refractivity contribution in [2.45, 2.75) is 19.4 Å². The molecule has 1 aliphatic rings. The molecule has 10 heteroatoms. The second kappa shape index (κ2) is 9.76. The van der Waals surface area contributed by atoms with Gasteiger partial charge in [0.25, 0.3) is 0 Å². The number of rotatable bonds is 12. The predicted octanol–water partition coefficient (Wildman–Crippen LogP) is 0.751. The van der Waals surface area contributed by atoms with Gasteiger partial charge in [-0.3, -0.25) is 0 Å². The van der Waals surface area contributed by atoms with Crippen molar-refractivity contribution in [3.05, 3.63) is 0 Å². The third-order valence-electron chi connectivity index (χ3n) is 3.56. The lowest BCUT2D eigenvalue weighted by Gasteiger charge is -2.21. The standard InChI is InChI=1S/C14H27ClN2O6S/c1-14(2)12-16(13(18)17(14)15)4-10-24(19,20)11-9-23-8-7-22-6-5-21-3/h4-12H2,1-3H3. The van der Waals surface area contributed by atoms with Crippen LogP contribution in [0.3, 0.4) is 0 Å². The molecule has 0 bridgehead atoms. The number of methoxy groups -OCH3 is 1. The molecule has 1 heterocycles. The first kappa shape index (κ1) is 21.4. The quantitative estimate of drug-likeness (QED) is 0.363. The molecular formula is C14H27ClN2O6S. The number of nitrogens with zero attached hydrogens (tertiary/aromatic N) is 2. The number of halogens is 1. The Morgan fingerprint density at radius 3 is 2.21 bits per heavy atom.